The maximum atomic E-state index is 5.21. The van der Waals surface area contributed by atoms with E-state index in [0.29, 0.717) is 0 Å². The predicted molar refractivity (Wildman–Crippen MR) is 41.9 cm³/mol. The zero-order valence-corrected chi connectivity index (χ0v) is 6.81. The molecule has 0 aromatic heterocycles. The van der Waals surface area contributed by atoms with E-state index in [0.717, 1.165) is 19.9 Å². The molecule has 0 atom stereocenters. The van der Waals surface area contributed by atoms with Gasteiger partial charge in [-0.1, -0.05) is 19.8 Å². The third-order valence-corrected chi connectivity index (χ3v) is 1.90. The summed E-state index contributed by atoms with van der Waals surface area (Å²) in [5, 5.41) is 0. The first kappa shape index (κ1) is 8.02. The molecule has 0 spiro atoms. The van der Waals surface area contributed by atoms with Gasteiger partial charge in [0.05, 0.1) is 13.3 Å². The Hall–Kier alpha value is -0.0800. The van der Waals surface area contributed by atoms with Gasteiger partial charge < -0.3 is 4.74 Å². The van der Waals surface area contributed by atoms with E-state index >= 15 is 0 Å². The molecule has 0 bridgehead atoms. The van der Waals surface area contributed by atoms with Crippen LogP contribution in [-0.4, -0.2) is 31.3 Å². The molecule has 0 radical (unpaired) electrons. The Labute approximate surface area is 63.2 Å². The SMILES string of the molecule is CCCCCN1CCOC1. The fourth-order valence-corrected chi connectivity index (χ4v) is 1.21. The molecule has 1 aliphatic rings. The second kappa shape index (κ2) is 4.69. The number of hydrogen-bond acceptors (Lipinski definition) is 2. The van der Waals surface area contributed by atoms with Gasteiger partial charge in [0.1, 0.15) is 0 Å². The molecule has 0 aromatic carbocycles. The van der Waals surface area contributed by atoms with Crippen LogP contribution >= 0.6 is 0 Å². The molecule has 1 rings (SSSR count). The van der Waals surface area contributed by atoms with Crippen molar-refractivity contribution in [2.24, 2.45) is 0 Å². The fourth-order valence-electron chi connectivity index (χ4n) is 1.21. The van der Waals surface area contributed by atoms with Crippen LogP contribution in [0.3, 0.4) is 0 Å². The highest BCUT2D eigenvalue weighted by molar-refractivity contribution is 4.57. The molecular weight excluding hydrogens is 126 g/mol. The first-order valence-corrected chi connectivity index (χ1v) is 4.23. The van der Waals surface area contributed by atoms with E-state index in [2.05, 4.69) is 11.8 Å². The van der Waals surface area contributed by atoms with E-state index < -0.39 is 0 Å². The maximum absolute atomic E-state index is 5.21. The second-order valence-electron chi connectivity index (χ2n) is 2.86. The van der Waals surface area contributed by atoms with Gasteiger partial charge in [0, 0.05) is 13.1 Å². The predicted octanol–water partition coefficient (Wildman–Crippen LogP) is 1.47. The lowest BCUT2D eigenvalue weighted by atomic mass is 10.2. The Morgan fingerprint density at radius 1 is 1.40 bits per heavy atom. The molecule has 1 fully saturated rings. The van der Waals surface area contributed by atoms with Gasteiger partial charge in [-0.25, -0.2) is 0 Å². The van der Waals surface area contributed by atoms with E-state index in [1.165, 1.54) is 25.8 Å². The van der Waals surface area contributed by atoms with E-state index in [1.807, 2.05) is 0 Å². The quantitative estimate of drug-likeness (QED) is 0.552. The lowest BCUT2D eigenvalue weighted by molar-refractivity contribution is 0.139. The minimum Gasteiger partial charge on any atom is -0.365 e. The summed E-state index contributed by atoms with van der Waals surface area (Å²) in [5.74, 6) is 0. The zero-order valence-electron chi connectivity index (χ0n) is 6.81. The highest BCUT2D eigenvalue weighted by Crippen LogP contribution is 2.02. The minimum atomic E-state index is 0.865. The van der Waals surface area contributed by atoms with Crippen molar-refractivity contribution in [3.63, 3.8) is 0 Å². The third kappa shape index (κ3) is 2.67. The van der Waals surface area contributed by atoms with Gasteiger partial charge in [0.2, 0.25) is 0 Å². The Bertz CT molecular complexity index is 79.3. The number of rotatable bonds is 4. The van der Waals surface area contributed by atoms with E-state index in [9.17, 15) is 0 Å². The number of ether oxygens (including phenoxy) is 1. The Kier molecular flexibility index (Phi) is 3.76. The number of unbranched alkanes of at least 4 members (excludes halogenated alkanes) is 2. The van der Waals surface area contributed by atoms with Crippen LogP contribution < -0.4 is 0 Å². The number of nitrogens with zero attached hydrogens (tertiary/aromatic N) is 1. The van der Waals surface area contributed by atoms with Gasteiger partial charge >= 0.3 is 0 Å². The number of hydrogen-bond donors (Lipinski definition) is 0. The first-order valence-electron chi connectivity index (χ1n) is 4.23. The smallest absolute Gasteiger partial charge is 0.0991 e. The summed E-state index contributed by atoms with van der Waals surface area (Å²) in [5.41, 5.74) is 0. The lowest BCUT2D eigenvalue weighted by Crippen LogP contribution is -2.20. The van der Waals surface area contributed by atoms with E-state index in [-0.39, 0.29) is 0 Å². The molecule has 2 heteroatoms. The lowest BCUT2D eigenvalue weighted by Gasteiger charge is -2.11. The molecule has 0 aliphatic carbocycles. The average molecular weight is 143 g/mol. The van der Waals surface area contributed by atoms with Crippen molar-refractivity contribution in [1.82, 2.24) is 4.90 Å². The van der Waals surface area contributed by atoms with Crippen molar-refractivity contribution in [1.29, 1.82) is 0 Å². The van der Waals surface area contributed by atoms with Crippen LogP contribution in [-0.2, 0) is 4.74 Å². The summed E-state index contributed by atoms with van der Waals surface area (Å²) in [7, 11) is 0. The maximum Gasteiger partial charge on any atom is 0.0991 e. The normalized spacial score (nSPS) is 20.1. The van der Waals surface area contributed by atoms with Crippen molar-refractivity contribution in [3.8, 4) is 0 Å². The van der Waals surface area contributed by atoms with Crippen molar-refractivity contribution < 1.29 is 4.74 Å². The summed E-state index contributed by atoms with van der Waals surface area (Å²) in [6, 6.07) is 0. The topological polar surface area (TPSA) is 12.5 Å². The van der Waals surface area contributed by atoms with Crippen LogP contribution in [0.1, 0.15) is 26.2 Å². The molecule has 0 aromatic rings. The van der Waals surface area contributed by atoms with Gasteiger partial charge in [0.15, 0.2) is 0 Å². The summed E-state index contributed by atoms with van der Waals surface area (Å²) in [6.45, 7) is 6.41. The highest BCUT2D eigenvalue weighted by Gasteiger charge is 2.09. The monoisotopic (exact) mass is 143 g/mol. The van der Waals surface area contributed by atoms with Crippen LogP contribution in [0, 0.1) is 0 Å². The Morgan fingerprint density at radius 3 is 2.90 bits per heavy atom. The fraction of sp³-hybridized carbons (Fsp3) is 1.00. The molecule has 0 N–H and O–H groups in total. The first-order chi connectivity index (χ1) is 4.93. The second-order valence-corrected chi connectivity index (χ2v) is 2.86. The Balaban J connectivity index is 1.91. The highest BCUT2D eigenvalue weighted by atomic mass is 16.5. The molecule has 1 saturated heterocycles. The molecule has 10 heavy (non-hydrogen) atoms. The van der Waals surface area contributed by atoms with E-state index in [4.69, 9.17) is 4.74 Å². The largest absolute Gasteiger partial charge is 0.365 e. The molecule has 60 valence electrons. The summed E-state index contributed by atoms with van der Waals surface area (Å²) in [4.78, 5) is 2.37. The van der Waals surface area contributed by atoms with E-state index in [1.54, 1.807) is 0 Å². The van der Waals surface area contributed by atoms with Gasteiger partial charge in [0.25, 0.3) is 0 Å². The summed E-state index contributed by atoms with van der Waals surface area (Å²) < 4.78 is 5.21. The Morgan fingerprint density at radius 2 is 2.30 bits per heavy atom. The molecule has 2 nitrogen and oxygen atoms in total. The molecular formula is C8H17NO. The van der Waals surface area contributed by atoms with Crippen LogP contribution in [0.25, 0.3) is 0 Å². The zero-order chi connectivity index (χ0) is 7.23. The average Bonchev–Trinajstić information content (AvgIpc) is 2.41. The van der Waals surface area contributed by atoms with Crippen LogP contribution in [0.2, 0.25) is 0 Å². The van der Waals surface area contributed by atoms with Crippen molar-refractivity contribution >= 4 is 0 Å². The molecule has 1 aliphatic heterocycles. The van der Waals surface area contributed by atoms with Crippen LogP contribution in [0.15, 0.2) is 0 Å². The van der Waals surface area contributed by atoms with Crippen molar-refractivity contribution in [2.45, 2.75) is 26.2 Å². The van der Waals surface area contributed by atoms with Gasteiger partial charge in [-0.3, -0.25) is 4.90 Å². The third-order valence-electron chi connectivity index (χ3n) is 1.90. The van der Waals surface area contributed by atoms with Gasteiger partial charge in [-0.2, -0.15) is 0 Å². The van der Waals surface area contributed by atoms with Crippen LogP contribution in [0.5, 0.6) is 0 Å². The molecule has 0 saturated carbocycles. The van der Waals surface area contributed by atoms with Gasteiger partial charge in [-0.05, 0) is 6.42 Å². The van der Waals surface area contributed by atoms with Gasteiger partial charge in [-0.15, -0.1) is 0 Å². The summed E-state index contributed by atoms with van der Waals surface area (Å²) in [6.07, 6.45) is 4.01. The van der Waals surface area contributed by atoms with Crippen molar-refractivity contribution in [3.05, 3.63) is 0 Å². The molecule has 0 amide bonds. The molecule has 1 heterocycles. The standard InChI is InChI=1S/C8H17NO/c1-2-3-4-5-9-6-7-10-8-9/h2-8H2,1H3. The van der Waals surface area contributed by atoms with Crippen molar-refractivity contribution in [2.75, 3.05) is 26.4 Å². The minimum absolute atomic E-state index is 0.865. The van der Waals surface area contributed by atoms with Crippen LogP contribution in [0.4, 0.5) is 0 Å². The molecule has 0 unspecified atom stereocenters. The summed E-state index contributed by atoms with van der Waals surface area (Å²) >= 11 is 0.